The van der Waals surface area contributed by atoms with Gasteiger partial charge in [-0.1, -0.05) is 48.5 Å². The van der Waals surface area contributed by atoms with Crippen LogP contribution in [-0.4, -0.2) is 12.3 Å². The van der Waals surface area contributed by atoms with Gasteiger partial charge in [0.05, 0.1) is 6.54 Å². The highest BCUT2D eigenvalue weighted by atomic mass is 16.2. The van der Waals surface area contributed by atoms with Crippen LogP contribution in [0.15, 0.2) is 54.6 Å². The molecule has 1 unspecified atom stereocenters. The Morgan fingerprint density at radius 1 is 1.05 bits per heavy atom. The third kappa shape index (κ3) is 2.05. The van der Waals surface area contributed by atoms with Crippen molar-refractivity contribution in [1.82, 2.24) is 5.32 Å². The number of nitrogens with one attached hydrogen (secondary N) is 1. The Morgan fingerprint density at radius 2 is 1.75 bits per heavy atom. The maximum atomic E-state index is 12.5. The number of rotatable bonds is 4. The molecule has 2 aromatic carbocycles. The number of para-hydroxylation sites is 1. The summed E-state index contributed by atoms with van der Waals surface area (Å²) in [4.78, 5) is 24.9. The largest absolute Gasteiger partial charge is 0.343 e. The second kappa shape index (κ2) is 5.17. The summed E-state index contributed by atoms with van der Waals surface area (Å²) in [6, 6.07) is 16.8. The molecular weight excluding hydrogens is 252 g/mol. The van der Waals surface area contributed by atoms with Gasteiger partial charge < -0.3 is 10.2 Å². The molecule has 1 aliphatic rings. The van der Waals surface area contributed by atoms with Crippen molar-refractivity contribution in [3.63, 3.8) is 0 Å². The van der Waals surface area contributed by atoms with Crippen LogP contribution in [0, 0.1) is 0 Å². The third-order valence-corrected chi connectivity index (χ3v) is 3.47. The average molecular weight is 266 g/mol. The highest BCUT2D eigenvalue weighted by Gasteiger charge is 2.36. The first-order valence-corrected chi connectivity index (χ1v) is 6.45. The zero-order chi connectivity index (χ0) is 13.9. The molecule has 0 saturated carbocycles. The van der Waals surface area contributed by atoms with E-state index in [2.05, 4.69) is 5.32 Å². The van der Waals surface area contributed by atoms with Crippen LogP contribution in [0.1, 0.15) is 17.2 Å². The van der Waals surface area contributed by atoms with Gasteiger partial charge in [0.1, 0.15) is 6.04 Å². The van der Waals surface area contributed by atoms with Gasteiger partial charge in [0.15, 0.2) is 0 Å². The fourth-order valence-corrected chi connectivity index (χ4v) is 2.54. The number of hydrogen-bond acceptors (Lipinski definition) is 2. The van der Waals surface area contributed by atoms with E-state index in [4.69, 9.17) is 0 Å². The standard InChI is InChI=1S/C16H14N2O2/c19-11-17-15-13-8-4-5-9-14(13)18(16(15)20)10-12-6-2-1-3-7-12/h1-9,11,15H,10H2,(H,17,19). The molecule has 1 heterocycles. The molecule has 0 aromatic heterocycles. The Morgan fingerprint density at radius 3 is 2.50 bits per heavy atom. The summed E-state index contributed by atoms with van der Waals surface area (Å²) >= 11 is 0. The van der Waals surface area contributed by atoms with Gasteiger partial charge in [-0.3, -0.25) is 9.59 Å². The lowest BCUT2D eigenvalue weighted by atomic mass is 10.1. The summed E-state index contributed by atoms with van der Waals surface area (Å²) in [5.74, 6) is -0.0952. The number of benzene rings is 2. The quantitative estimate of drug-likeness (QED) is 0.861. The highest BCUT2D eigenvalue weighted by Crippen LogP contribution is 2.36. The number of nitrogens with zero attached hydrogens (tertiary/aromatic N) is 1. The zero-order valence-corrected chi connectivity index (χ0v) is 10.8. The predicted molar refractivity (Wildman–Crippen MR) is 76.0 cm³/mol. The van der Waals surface area contributed by atoms with E-state index in [1.165, 1.54) is 0 Å². The minimum atomic E-state index is -0.576. The highest BCUT2D eigenvalue weighted by molar-refractivity contribution is 6.05. The van der Waals surface area contributed by atoms with Gasteiger partial charge in [-0.05, 0) is 11.6 Å². The lowest BCUT2D eigenvalue weighted by molar-refractivity contribution is -0.122. The van der Waals surface area contributed by atoms with Crippen LogP contribution in [0.25, 0.3) is 0 Å². The Hall–Kier alpha value is -2.62. The summed E-state index contributed by atoms with van der Waals surface area (Å²) in [7, 11) is 0. The molecule has 2 amide bonds. The van der Waals surface area contributed by atoms with E-state index in [9.17, 15) is 9.59 Å². The Balaban J connectivity index is 1.95. The second-order valence-corrected chi connectivity index (χ2v) is 4.69. The normalized spacial score (nSPS) is 16.9. The van der Waals surface area contributed by atoms with Gasteiger partial charge in [0, 0.05) is 11.3 Å². The second-order valence-electron chi connectivity index (χ2n) is 4.69. The Labute approximate surface area is 117 Å². The fourth-order valence-electron chi connectivity index (χ4n) is 2.54. The SMILES string of the molecule is O=CNC1C(=O)N(Cc2ccccc2)c2ccccc21. The monoisotopic (exact) mass is 266 g/mol. The molecule has 1 atom stereocenters. The molecule has 3 rings (SSSR count). The number of fused-ring (bicyclic) bond motifs is 1. The van der Waals surface area contributed by atoms with Gasteiger partial charge in [0.2, 0.25) is 6.41 Å². The lowest BCUT2D eigenvalue weighted by Crippen LogP contribution is -2.33. The van der Waals surface area contributed by atoms with Crippen molar-refractivity contribution >= 4 is 18.0 Å². The van der Waals surface area contributed by atoms with E-state index in [0.717, 1.165) is 16.8 Å². The smallest absolute Gasteiger partial charge is 0.254 e. The molecule has 0 spiro atoms. The van der Waals surface area contributed by atoms with Crippen molar-refractivity contribution in [3.05, 3.63) is 65.7 Å². The van der Waals surface area contributed by atoms with Crippen molar-refractivity contribution in [2.75, 3.05) is 4.90 Å². The molecule has 0 bridgehead atoms. The summed E-state index contributed by atoms with van der Waals surface area (Å²) in [6.45, 7) is 0.508. The van der Waals surface area contributed by atoms with Crippen LogP contribution in [-0.2, 0) is 16.1 Å². The molecule has 0 radical (unpaired) electrons. The van der Waals surface area contributed by atoms with Gasteiger partial charge in [-0.15, -0.1) is 0 Å². The number of amides is 2. The molecule has 0 aliphatic carbocycles. The van der Waals surface area contributed by atoms with E-state index in [0.29, 0.717) is 13.0 Å². The van der Waals surface area contributed by atoms with Crippen LogP contribution in [0.2, 0.25) is 0 Å². The summed E-state index contributed by atoms with van der Waals surface area (Å²) < 4.78 is 0. The fraction of sp³-hybridized carbons (Fsp3) is 0.125. The van der Waals surface area contributed by atoms with Gasteiger partial charge in [-0.2, -0.15) is 0 Å². The first kappa shape index (κ1) is 12.4. The number of carbonyl (C=O) groups excluding carboxylic acids is 2. The van der Waals surface area contributed by atoms with E-state index in [-0.39, 0.29) is 5.91 Å². The Kier molecular flexibility index (Phi) is 3.21. The summed E-state index contributed by atoms with van der Waals surface area (Å²) in [5, 5.41) is 2.59. The molecule has 2 aromatic rings. The van der Waals surface area contributed by atoms with Gasteiger partial charge in [0.25, 0.3) is 5.91 Å². The van der Waals surface area contributed by atoms with E-state index in [1.807, 2.05) is 54.6 Å². The molecule has 4 nitrogen and oxygen atoms in total. The number of anilines is 1. The molecule has 0 fully saturated rings. The maximum absolute atomic E-state index is 12.5. The first-order chi connectivity index (χ1) is 9.81. The average Bonchev–Trinajstić information content (AvgIpc) is 2.75. The van der Waals surface area contributed by atoms with E-state index in [1.54, 1.807) is 4.90 Å². The van der Waals surface area contributed by atoms with Crippen molar-refractivity contribution in [2.45, 2.75) is 12.6 Å². The molecule has 0 saturated heterocycles. The van der Waals surface area contributed by atoms with Crippen LogP contribution in [0.4, 0.5) is 5.69 Å². The van der Waals surface area contributed by atoms with Gasteiger partial charge >= 0.3 is 0 Å². The predicted octanol–water partition coefficient (Wildman–Crippen LogP) is 2.02. The number of carbonyl (C=O) groups is 2. The molecule has 4 heteroatoms. The van der Waals surface area contributed by atoms with Crippen LogP contribution in [0.5, 0.6) is 0 Å². The van der Waals surface area contributed by atoms with Crippen LogP contribution >= 0.6 is 0 Å². The number of hydrogen-bond donors (Lipinski definition) is 1. The van der Waals surface area contributed by atoms with Crippen LogP contribution < -0.4 is 10.2 Å². The van der Waals surface area contributed by atoms with Crippen molar-refractivity contribution in [3.8, 4) is 0 Å². The zero-order valence-electron chi connectivity index (χ0n) is 10.8. The van der Waals surface area contributed by atoms with Crippen molar-refractivity contribution in [2.24, 2.45) is 0 Å². The molecule has 100 valence electrons. The molecular formula is C16H14N2O2. The summed E-state index contributed by atoms with van der Waals surface area (Å²) in [6.07, 6.45) is 0.575. The van der Waals surface area contributed by atoms with Gasteiger partial charge in [-0.25, -0.2) is 0 Å². The Bertz CT molecular complexity index is 640. The van der Waals surface area contributed by atoms with E-state index < -0.39 is 6.04 Å². The molecule has 1 N–H and O–H groups in total. The summed E-state index contributed by atoms with van der Waals surface area (Å²) in [5.41, 5.74) is 2.77. The first-order valence-electron chi connectivity index (χ1n) is 6.45. The third-order valence-electron chi connectivity index (χ3n) is 3.47. The molecule has 1 aliphatic heterocycles. The lowest BCUT2D eigenvalue weighted by Gasteiger charge is -2.17. The van der Waals surface area contributed by atoms with E-state index >= 15 is 0 Å². The molecule has 20 heavy (non-hydrogen) atoms. The topological polar surface area (TPSA) is 49.4 Å². The van der Waals surface area contributed by atoms with Crippen molar-refractivity contribution < 1.29 is 9.59 Å². The van der Waals surface area contributed by atoms with Crippen molar-refractivity contribution in [1.29, 1.82) is 0 Å². The maximum Gasteiger partial charge on any atom is 0.254 e. The minimum absolute atomic E-state index is 0.0952. The van der Waals surface area contributed by atoms with Crippen LogP contribution in [0.3, 0.4) is 0 Å². The minimum Gasteiger partial charge on any atom is -0.343 e.